The molecule has 2 bridgehead atoms. The molecule has 4 heterocycles. The van der Waals surface area contributed by atoms with Crippen LogP contribution in [0.5, 0.6) is 5.75 Å². The summed E-state index contributed by atoms with van der Waals surface area (Å²) in [6, 6.07) is 15.3. The van der Waals surface area contributed by atoms with E-state index in [1.54, 1.807) is 12.4 Å². The van der Waals surface area contributed by atoms with E-state index < -0.39 is 0 Å². The van der Waals surface area contributed by atoms with Crippen molar-refractivity contribution < 1.29 is 9.53 Å². The van der Waals surface area contributed by atoms with Crippen molar-refractivity contribution in [3.8, 4) is 28.4 Å². The molecule has 1 N–H and O–H groups in total. The summed E-state index contributed by atoms with van der Waals surface area (Å²) < 4.78 is 7.92. The van der Waals surface area contributed by atoms with E-state index in [1.165, 1.54) is 12.8 Å². The number of rotatable bonds is 2. The van der Waals surface area contributed by atoms with Crippen molar-refractivity contribution in [3.63, 3.8) is 0 Å². The van der Waals surface area contributed by atoms with E-state index >= 15 is 0 Å². The second-order valence-electron chi connectivity index (χ2n) is 8.73. The van der Waals surface area contributed by atoms with Gasteiger partial charge in [0.15, 0.2) is 5.82 Å². The van der Waals surface area contributed by atoms with Crippen molar-refractivity contribution in [1.29, 1.82) is 0 Å². The van der Waals surface area contributed by atoms with E-state index in [4.69, 9.17) is 4.74 Å². The van der Waals surface area contributed by atoms with Gasteiger partial charge in [-0.05, 0) is 55.2 Å². The number of anilines is 1. The van der Waals surface area contributed by atoms with Crippen LogP contribution in [-0.4, -0.2) is 37.2 Å². The van der Waals surface area contributed by atoms with Crippen LogP contribution in [0.2, 0.25) is 0 Å². The van der Waals surface area contributed by atoms with Crippen LogP contribution in [0.25, 0.3) is 22.6 Å². The molecule has 0 spiro atoms. The molecule has 6 rings (SSSR count). The Labute approximate surface area is 202 Å². The van der Waals surface area contributed by atoms with Crippen molar-refractivity contribution in [3.05, 3.63) is 84.5 Å². The molecule has 2 aliphatic rings. The second kappa shape index (κ2) is 9.13. The van der Waals surface area contributed by atoms with Crippen LogP contribution < -0.4 is 10.1 Å². The maximum absolute atomic E-state index is 13.4. The number of nitrogens with one attached hydrogen (secondary N) is 1. The summed E-state index contributed by atoms with van der Waals surface area (Å²) >= 11 is 0. The minimum Gasteiger partial charge on any atom is -0.492 e. The third-order valence-electron chi connectivity index (χ3n) is 6.19. The van der Waals surface area contributed by atoms with E-state index in [2.05, 4.69) is 43.7 Å². The Morgan fingerprint density at radius 2 is 1.94 bits per heavy atom. The molecule has 1 saturated carbocycles. The fourth-order valence-electron chi connectivity index (χ4n) is 4.15. The van der Waals surface area contributed by atoms with Gasteiger partial charge in [-0.3, -0.25) is 9.78 Å². The number of benzene rings is 1. The molecular weight excluding hydrogens is 440 g/mol. The van der Waals surface area contributed by atoms with Gasteiger partial charge in [0.05, 0.1) is 12.2 Å². The smallest absolute Gasteiger partial charge is 0.260 e. The fourth-order valence-corrected chi connectivity index (χ4v) is 4.15. The van der Waals surface area contributed by atoms with Crippen molar-refractivity contribution in [2.75, 3.05) is 11.9 Å². The molecule has 1 fully saturated rings. The van der Waals surface area contributed by atoms with Crippen molar-refractivity contribution in [2.45, 2.75) is 31.7 Å². The minimum atomic E-state index is -0.291. The maximum Gasteiger partial charge on any atom is 0.260 e. The zero-order chi connectivity index (χ0) is 23.6. The lowest BCUT2D eigenvalue weighted by Gasteiger charge is -2.13. The second-order valence-corrected chi connectivity index (χ2v) is 8.73. The van der Waals surface area contributed by atoms with Gasteiger partial charge in [-0.15, -0.1) is 10.2 Å². The average Bonchev–Trinajstić information content (AvgIpc) is 3.63. The van der Waals surface area contributed by atoms with Crippen molar-refractivity contribution >= 4 is 11.7 Å². The number of carbonyl (C=O) groups is 1. The highest BCUT2D eigenvalue weighted by molar-refractivity contribution is 6.06. The number of aromatic nitrogens is 5. The summed E-state index contributed by atoms with van der Waals surface area (Å²) in [5.74, 6) is 1.91. The number of nitrogens with zero attached hydrogens (tertiary/aromatic N) is 5. The molecule has 3 aromatic heterocycles. The predicted molar refractivity (Wildman–Crippen MR) is 132 cm³/mol. The van der Waals surface area contributed by atoms with Crippen LogP contribution in [-0.2, 0) is 6.54 Å². The third kappa shape index (κ3) is 4.55. The highest BCUT2D eigenvalue weighted by Crippen LogP contribution is 2.39. The topological polar surface area (TPSA) is 94.8 Å². The Morgan fingerprint density at radius 3 is 2.80 bits per heavy atom. The van der Waals surface area contributed by atoms with Crippen LogP contribution >= 0.6 is 0 Å². The first kappa shape index (κ1) is 21.2. The van der Waals surface area contributed by atoms with Gasteiger partial charge in [0.1, 0.15) is 23.6 Å². The fraction of sp³-hybridized carbons (Fsp3) is 0.222. The lowest BCUT2D eigenvalue weighted by Crippen LogP contribution is -2.15. The Morgan fingerprint density at radius 1 is 1.03 bits per heavy atom. The molecule has 1 aromatic carbocycles. The number of carbonyl (C=O) groups excluding carboxylic acids is 1. The Bertz CT molecular complexity index is 1410. The van der Waals surface area contributed by atoms with Crippen LogP contribution in [0.15, 0.2) is 73.2 Å². The zero-order valence-electron chi connectivity index (χ0n) is 19.1. The molecule has 1 aliphatic carbocycles. The summed E-state index contributed by atoms with van der Waals surface area (Å²) in [4.78, 5) is 22.6. The lowest BCUT2D eigenvalue weighted by molar-refractivity contribution is 0.102. The number of hydrogen-bond donors (Lipinski definition) is 1. The summed E-state index contributed by atoms with van der Waals surface area (Å²) in [5, 5.41) is 11.2. The summed E-state index contributed by atoms with van der Waals surface area (Å²) in [6.07, 6.45) is 10.8. The van der Waals surface area contributed by atoms with Gasteiger partial charge in [-0.2, -0.15) is 0 Å². The monoisotopic (exact) mass is 464 g/mol. The average molecular weight is 465 g/mol. The molecule has 0 unspecified atom stereocenters. The van der Waals surface area contributed by atoms with Crippen LogP contribution in [0.1, 0.15) is 41.2 Å². The van der Waals surface area contributed by atoms with Crippen LogP contribution in [0, 0.1) is 0 Å². The quantitative estimate of drug-likeness (QED) is 0.425. The lowest BCUT2D eigenvalue weighted by atomic mass is 10.0. The Hall–Kier alpha value is -4.33. The zero-order valence-corrected chi connectivity index (χ0v) is 19.1. The number of amides is 1. The summed E-state index contributed by atoms with van der Waals surface area (Å²) in [5.41, 5.74) is 4.09. The van der Waals surface area contributed by atoms with Gasteiger partial charge < -0.3 is 14.6 Å². The molecular formula is C27H24N6O2. The number of pyridine rings is 2. The van der Waals surface area contributed by atoms with Gasteiger partial charge in [0, 0.05) is 29.9 Å². The predicted octanol–water partition coefficient (Wildman–Crippen LogP) is 4.87. The van der Waals surface area contributed by atoms with Gasteiger partial charge in [-0.1, -0.05) is 30.4 Å². The minimum absolute atomic E-state index is 0.291. The first-order valence-corrected chi connectivity index (χ1v) is 11.8. The van der Waals surface area contributed by atoms with Gasteiger partial charge in [0.2, 0.25) is 0 Å². The molecule has 4 aromatic rings. The van der Waals surface area contributed by atoms with Gasteiger partial charge >= 0.3 is 0 Å². The molecule has 35 heavy (non-hydrogen) atoms. The highest BCUT2D eigenvalue weighted by Gasteiger charge is 2.24. The summed E-state index contributed by atoms with van der Waals surface area (Å²) in [6.45, 7) is 1.07. The van der Waals surface area contributed by atoms with E-state index in [1.807, 2.05) is 47.2 Å². The van der Waals surface area contributed by atoms with E-state index in [-0.39, 0.29) is 5.91 Å². The first-order chi connectivity index (χ1) is 17.2. The Kier molecular flexibility index (Phi) is 5.54. The third-order valence-corrected chi connectivity index (χ3v) is 6.19. The van der Waals surface area contributed by atoms with E-state index in [0.29, 0.717) is 54.1 Å². The van der Waals surface area contributed by atoms with Gasteiger partial charge in [0.25, 0.3) is 5.91 Å². The summed E-state index contributed by atoms with van der Waals surface area (Å²) in [7, 11) is 0. The maximum atomic E-state index is 13.4. The molecule has 8 heteroatoms. The molecule has 1 amide bonds. The molecule has 0 radical (unpaired) electrons. The normalized spacial score (nSPS) is 15.7. The SMILES string of the molecule is O=C1Nc2cccc(n2)-c2nncn2CC=CCCOc2ccc(-c3ccc(C4CC4)nc3)cc21. The van der Waals surface area contributed by atoms with Crippen molar-refractivity contribution in [2.24, 2.45) is 0 Å². The molecule has 8 nitrogen and oxygen atoms in total. The highest BCUT2D eigenvalue weighted by atomic mass is 16.5. The molecule has 0 saturated heterocycles. The van der Waals surface area contributed by atoms with E-state index in [9.17, 15) is 4.79 Å². The van der Waals surface area contributed by atoms with Gasteiger partial charge in [-0.25, -0.2) is 4.98 Å². The number of hydrogen-bond acceptors (Lipinski definition) is 6. The van der Waals surface area contributed by atoms with Crippen LogP contribution in [0.4, 0.5) is 5.82 Å². The van der Waals surface area contributed by atoms with Crippen LogP contribution in [0.3, 0.4) is 0 Å². The van der Waals surface area contributed by atoms with Crippen molar-refractivity contribution in [1.82, 2.24) is 24.7 Å². The standard InChI is InChI=1S/C27H24N6O2/c34-27-21-15-19(20-9-11-22(28-16-20)18-7-8-18)10-12-24(21)35-14-3-1-2-13-33-17-29-32-26(33)23-5-4-6-25(30-23)31-27/h1-2,4-6,9-12,15-18H,3,7-8,13-14H2,(H,30,31,34). The van der Waals surface area contributed by atoms with E-state index in [0.717, 1.165) is 16.8 Å². The number of ether oxygens (including phenoxy) is 1. The number of allylic oxidation sites excluding steroid dienone is 1. The molecule has 174 valence electrons. The number of fused-ring (bicyclic) bond motifs is 5. The first-order valence-electron chi connectivity index (χ1n) is 11.8. The molecule has 1 aliphatic heterocycles. The Balaban J connectivity index is 1.35. The largest absolute Gasteiger partial charge is 0.492 e. The molecule has 0 atom stereocenters.